The number of rotatable bonds is 5. The summed E-state index contributed by atoms with van der Waals surface area (Å²) in [6, 6.07) is 7.81. The van der Waals surface area contributed by atoms with Crippen LogP contribution in [0.15, 0.2) is 48.9 Å². The van der Waals surface area contributed by atoms with Gasteiger partial charge in [0, 0.05) is 48.7 Å². The van der Waals surface area contributed by atoms with E-state index in [1.54, 1.807) is 30.7 Å². The number of nitrogen functional groups attached to an aromatic ring is 1. The number of likely N-dealkylation sites (tertiary alicyclic amines) is 1. The van der Waals surface area contributed by atoms with E-state index in [1.165, 1.54) is 12.1 Å². The Hall–Kier alpha value is -4.38. The average molecular weight is 544 g/mol. The van der Waals surface area contributed by atoms with Crippen molar-refractivity contribution < 1.29 is 18.7 Å². The number of benzene rings is 1. The van der Waals surface area contributed by atoms with Gasteiger partial charge in [-0.25, -0.2) is 19.3 Å². The van der Waals surface area contributed by atoms with Crippen molar-refractivity contribution in [3.05, 3.63) is 71.7 Å². The Morgan fingerprint density at radius 1 is 1.18 bits per heavy atom. The van der Waals surface area contributed by atoms with Gasteiger partial charge in [0.1, 0.15) is 34.5 Å². The maximum atomic E-state index is 15.6. The zero-order valence-electron chi connectivity index (χ0n) is 22.4. The number of anilines is 2. The number of piperidine rings is 1. The third kappa shape index (κ3) is 4.56. The molecule has 1 atom stereocenters. The van der Waals surface area contributed by atoms with E-state index in [4.69, 9.17) is 15.5 Å². The minimum atomic E-state index is -0.613. The normalized spacial score (nSPS) is 18.4. The van der Waals surface area contributed by atoms with Gasteiger partial charge in [0.05, 0.1) is 18.6 Å². The molecule has 2 aliphatic rings. The monoisotopic (exact) mass is 543 g/mol. The average Bonchev–Trinajstić information content (AvgIpc) is 3.32. The predicted molar refractivity (Wildman–Crippen MR) is 147 cm³/mol. The van der Waals surface area contributed by atoms with Gasteiger partial charge < -0.3 is 20.7 Å². The maximum absolute atomic E-state index is 15.6. The molecule has 0 bridgehead atoms. The van der Waals surface area contributed by atoms with Crippen LogP contribution in [0.3, 0.4) is 0 Å². The molecule has 11 heteroatoms. The fraction of sp³-hybridized carbons (Fsp3) is 0.345. The number of pyridine rings is 1. The number of nitrogens with one attached hydrogen (secondary N) is 1. The van der Waals surface area contributed by atoms with Crippen molar-refractivity contribution in [2.45, 2.75) is 32.6 Å². The van der Waals surface area contributed by atoms with Crippen LogP contribution in [0.1, 0.15) is 47.4 Å². The molecule has 0 saturated carbocycles. The van der Waals surface area contributed by atoms with E-state index in [1.807, 2.05) is 29.2 Å². The highest BCUT2D eigenvalue weighted by atomic mass is 19.1. The van der Waals surface area contributed by atoms with E-state index in [0.717, 1.165) is 18.4 Å². The molecule has 2 fully saturated rings. The SMILES string of the molecule is Cc1ccnc(NC(=O)c2ccc(-c3nc([C@@H]4CCCN(C(=O)C5(C)COC5)C4)n4ccnc(N)c34)c(F)c2)c1. The van der Waals surface area contributed by atoms with Crippen LogP contribution in [0.2, 0.25) is 0 Å². The third-order valence-electron chi connectivity index (χ3n) is 7.69. The number of amides is 2. The summed E-state index contributed by atoms with van der Waals surface area (Å²) in [6.45, 7) is 5.87. The van der Waals surface area contributed by atoms with Crippen molar-refractivity contribution in [3.8, 4) is 11.3 Å². The van der Waals surface area contributed by atoms with Crippen molar-refractivity contribution in [3.63, 3.8) is 0 Å². The number of imidazole rings is 1. The van der Waals surface area contributed by atoms with Crippen LogP contribution in [-0.4, -0.2) is 62.4 Å². The Labute approximate surface area is 230 Å². The Morgan fingerprint density at radius 2 is 2.00 bits per heavy atom. The topological polar surface area (TPSA) is 128 Å². The van der Waals surface area contributed by atoms with Gasteiger partial charge in [-0.3, -0.25) is 14.0 Å². The number of carbonyl (C=O) groups excluding carboxylic acids is 2. The van der Waals surface area contributed by atoms with Crippen molar-refractivity contribution in [1.29, 1.82) is 0 Å². The van der Waals surface area contributed by atoms with E-state index in [-0.39, 0.29) is 28.8 Å². The first-order chi connectivity index (χ1) is 19.2. The van der Waals surface area contributed by atoms with Gasteiger partial charge in [-0.1, -0.05) is 0 Å². The van der Waals surface area contributed by atoms with E-state index < -0.39 is 17.1 Å². The first-order valence-electron chi connectivity index (χ1n) is 13.3. The van der Waals surface area contributed by atoms with Crippen LogP contribution in [-0.2, 0) is 9.53 Å². The molecular weight excluding hydrogens is 513 g/mol. The fourth-order valence-corrected chi connectivity index (χ4v) is 5.49. The summed E-state index contributed by atoms with van der Waals surface area (Å²) >= 11 is 0. The largest absolute Gasteiger partial charge is 0.382 e. The number of halogens is 1. The number of ether oxygens (including phenoxy) is 1. The molecule has 0 unspecified atom stereocenters. The lowest BCUT2D eigenvalue weighted by Gasteiger charge is -2.42. The van der Waals surface area contributed by atoms with Gasteiger partial charge in [0.15, 0.2) is 0 Å². The number of nitrogens with zero attached hydrogens (tertiary/aromatic N) is 5. The van der Waals surface area contributed by atoms with Crippen LogP contribution in [0.4, 0.5) is 16.0 Å². The van der Waals surface area contributed by atoms with E-state index >= 15 is 4.39 Å². The van der Waals surface area contributed by atoms with E-state index in [2.05, 4.69) is 15.3 Å². The Bertz CT molecular complexity index is 1630. The molecule has 6 rings (SSSR count). The van der Waals surface area contributed by atoms with E-state index in [9.17, 15) is 9.59 Å². The fourth-order valence-electron chi connectivity index (χ4n) is 5.49. The molecule has 0 radical (unpaired) electrons. The number of hydrogen-bond donors (Lipinski definition) is 2. The van der Waals surface area contributed by atoms with Crippen molar-refractivity contribution in [2.24, 2.45) is 5.41 Å². The minimum absolute atomic E-state index is 0.0692. The van der Waals surface area contributed by atoms with Gasteiger partial charge >= 0.3 is 0 Å². The predicted octanol–water partition coefficient (Wildman–Crippen LogP) is 3.82. The van der Waals surface area contributed by atoms with Crippen LogP contribution in [0.5, 0.6) is 0 Å². The lowest BCUT2D eigenvalue weighted by atomic mass is 9.85. The number of aryl methyl sites for hydroxylation is 1. The Kier molecular flexibility index (Phi) is 6.46. The summed E-state index contributed by atoms with van der Waals surface area (Å²) in [5.41, 5.74) is 7.92. The van der Waals surface area contributed by atoms with Crippen LogP contribution >= 0.6 is 0 Å². The van der Waals surface area contributed by atoms with Crippen LogP contribution in [0.25, 0.3) is 16.8 Å². The second-order valence-electron chi connectivity index (χ2n) is 10.9. The second kappa shape index (κ2) is 9.98. The van der Waals surface area contributed by atoms with E-state index in [0.29, 0.717) is 49.2 Å². The van der Waals surface area contributed by atoms with Gasteiger partial charge in [-0.15, -0.1) is 0 Å². The van der Waals surface area contributed by atoms with Gasteiger partial charge in [0.25, 0.3) is 5.91 Å². The van der Waals surface area contributed by atoms with Crippen molar-refractivity contribution in [1.82, 2.24) is 24.3 Å². The smallest absolute Gasteiger partial charge is 0.256 e. The summed E-state index contributed by atoms with van der Waals surface area (Å²) in [7, 11) is 0. The Morgan fingerprint density at radius 3 is 2.73 bits per heavy atom. The summed E-state index contributed by atoms with van der Waals surface area (Å²) in [4.78, 5) is 41.1. The Balaban J connectivity index is 1.32. The lowest BCUT2D eigenvalue weighted by Crippen LogP contribution is -2.55. The molecule has 40 heavy (non-hydrogen) atoms. The first-order valence-corrected chi connectivity index (χ1v) is 13.3. The van der Waals surface area contributed by atoms with Crippen molar-refractivity contribution in [2.75, 3.05) is 37.4 Å². The second-order valence-corrected chi connectivity index (χ2v) is 10.9. The molecule has 4 aromatic rings. The lowest BCUT2D eigenvalue weighted by molar-refractivity contribution is -0.169. The zero-order chi connectivity index (χ0) is 28.0. The number of carbonyl (C=O) groups is 2. The highest BCUT2D eigenvalue weighted by molar-refractivity contribution is 6.04. The molecule has 0 aliphatic carbocycles. The number of fused-ring (bicyclic) bond motifs is 1. The number of hydrogen-bond acceptors (Lipinski definition) is 7. The zero-order valence-corrected chi connectivity index (χ0v) is 22.4. The third-order valence-corrected chi connectivity index (χ3v) is 7.69. The first kappa shape index (κ1) is 25.9. The molecular formula is C29H30FN7O3. The van der Waals surface area contributed by atoms with Gasteiger partial charge in [-0.05, 0) is 62.6 Å². The number of nitrogens with two attached hydrogens (primary N) is 1. The molecule has 3 N–H and O–H groups in total. The molecule has 10 nitrogen and oxygen atoms in total. The summed E-state index contributed by atoms with van der Waals surface area (Å²) < 4.78 is 22.7. The standard InChI is InChI=1S/C29H30FN7O3/c1-17-7-8-32-22(12-17)34-27(38)18-5-6-20(21(30)13-18)23-24-25(31)33-9-11-37(24)26(35-23)19-4-3-10-36(14-19)28(39)29(2)15-40-16-29/h5-9,11-13,19H,3-4,10,14-16H2,1-2H3,(H2,31,33)(H,32,34,38)/t19-/m1/s1. The highest BCUT2D eigenvalue weighted by Gasteiger charge is 2.44. The summed E-state index contributed by atoms with van der Waals surface area (Å²) in [6.07, 6.45) is 6.59. The molecule has 2 saturated heterocycles. The number of aromatic nitrogens is 4. The molecule has 0 spiro atoms. The summed E-state index contributed by atoms with van der Waals surface area (Å²) in [5.74, 6) is 0.226. The molecule has 5 heterocycles. The molecule has 3 aromatic heterocycles. The van der Waals surface area contributed by atoms with Crippen LogP contribution in [0, 0.1) is 18.2 Å². The van der Waals surface area contributed by atoms with Gasteiger partial charge in [0.2, 0.25) is 5.91 Å². The summed E-state index contributed by atoms with van der Waals surface area (Å²) in [5, 5.41) is 2.70. The molecule has 2 aliphatic heterocycles. The van der Waals surface area contributed by atoms with Gasteiger partial charge in [-0.2, -0.15) is 0 Å². The van der Waals surface area contributed by atoms with Crippen molar-refractivity contribution >= 4 is 29.0 Å². The van der Waals surface area contributed by atoms with Crippen LogP contribution < -0.4 is 11.1 Å². The maximum Gasteiger partial charge on any atom is 0.256 e. The molecule has 2 amide bonds. The molecule has 1 aromatic carbocycles. The highest BCUT2D eigenvalue weighted by Crippen LogP contribution is 2.37. The molecule has 206 valence electrons. The minimum Gasteiger partial charge on any atom is -0.382 e. The quantitative estimate of drug-likeness (QED) is 0.392.